The first kappa shape index (κ1) is 16.5. The van der Waals surface area contributed by atoms with E-state index in [2.05, 4.69) is 44.9 Å². The fourth-order valence-electron chi connectivity index (χ4n) is 2.55. The number of nitrogens with zero attached hydrogens (tertiary/aromatic N) is 1. The van der Waals surface area contributed by atoms with Crippen molar-refractivity contribution in [2.75, 3.05) is 20.2 Å². The molecule has 0 radical (unpaired) electrons. The largest absolute Gasteiger partial charge is 0.396 e. The van der Waals surface area contributed by atoms with Gasteiger partial charge in [0.2, 0.25) is 0 Å². The van der Waals surface area contributed by atoms with Crippen molar-refractivity contribution in [3.63, 3.8) is 0 Å². The van der Waals surface area contributed by atoms with Crippen LogP contribution in [0.5, 0.6) is 0 Å². The maximum atomic E-state index is 9.61. The summed E-state index contributed by atoms with van der Waals surface area (Å²) in [7, 11) is 2.11. The van der Waals surface area contributed by atoms with Crippen LogP contribution in [-0.4, -0.2) is 30.2 Å². The molecule has 0 heterocycles. The Kier molecular flexibility index (Phi) is 6.31. The van der Waals surface area contributed by atoms with Crippen LogP contribution in [0.3, 0.4) is 0 Å². The zero-order chi connectivity index (χ0) is 14.5. The van der Waals surface area contributed by atoms with E-state index >= 15 is 0 Å². The molecule has 2 atom stereocenters. The lowest BCUT2D eigenvalue weighted by Gasteiger charge is -2.35. The first-order valence-electron chi connectivity index (χ1n) is 6.98. The molecule has 0 spiro atoms. The van der Waals surface area contributed by atoms with Crippen molar-refractivity contribution < 1.29 is 5.11 Å². The van der Waals surface area contributed by atoms with Gasteiger partial charge < -0.3 is 5.11 Å². The fourth-order valence-corrected chi connectivity index (χ4v) is 2.67. The molecule has 0 bridgehead atoms. The van der Waals surface area contributed by atoms with Gasteiger partial charge in [0.05, 0.1) is 0 Å². The normalized spacial score (nSPS) is 16.4. The lowest BCUT2D eigenvalue weighted by Crippen LogP contribution is -2.37. The van der Waals surface area contributed by atoms with E-state index in [1.54, 1.807) is 0 Å². The van der Waals surface area contributed by atoms with Gasteiger partial charge in [0.1, 0.15) is 0 Å². The number of halogens is 1. The van der Waals surface area contributed by atoms with Gasteiger partial charge in [-0.25, -0.2) is 0 Å². The highest BCUT2D eigenvalue weighted by Gasteiger charge is 2.26. The first-order valence-corrected chi connectivity index (χ1v) is 7.36. The zero-order valence-electron chi connectivity index (χ0n) is 12.5. The molecule has 1 rings (SSSR count). The van der Waals surface area contributed by atoms with Gasteiger partial charge in [-0.1, -0.05) is 44.0 Å². The molecule has 108 valence electrons. The summed E-state index contributed by atoms with van der Waals surface area (Å²) in [6, 6.07) is 8.32. The van der Waals surface area contributed by atoms with Crippen LogP contribution >= 0.6 is 11.6 Å². The summed E-state index contributed by atoms with van der Waals surface area (Å²) in [6.45, 7) is 7.63. The van der Waals surface area contributed by atoms with E-state index in [9.17, 15) is 5.11 Å². The van der Waals surface area contributed by atoms with Crippen LogP contribution < -0.4 is 0 Å². The monoisotopic (exact) mass is 283 g/mol. The second-order valence-corrected chi connectivity index (χ2v) is 6.30. The standard InChI is InChI=1S/C16H26ClNO/c1-5-10-16(3,12-19)11-18(4)13(2)14-6-8-15(17)9-7-14/h6-9,13,19H,5,10-12H2,1-4H3. The molecule has 19 heavy (non-hydrogen) atoms. The van der Waals surface area contributed by atoms with E-state index in [4.69, 9.17) is 11.6 Å². The molecule has 0 fully saturated rings. The topological polar surface area (TPSA) is 23.5 Å². The molecule has 0 aliphatic heterocycles. The zero-order valence-corrected chi connectivity index (χ0v) is 13.2. The van der Waals surface area contributed by atoms with Crippen molar-refractivity contribution in [1.82, 2.24) is 4.90 Å². The van der Waals surface area contributed by atoms with Gasteiger partial charge in [0, 0.05) is 29.6 Å². The molecule has 1 aromatic rings. The lowest BCUT2D eigenvalue weighted by molar-refractivity contribution is 0.0760. The van der Waals surface area contributed by atoms with E-state index in [1.165, 1.54) is 5.56 Å². The van der Waals surface area contributed by atoms with Gasteiger partial charge in [0.25, 0.3) is 0 Å². The molecule has 1 aromatic carbocycles. The molecule has 0 saturated carbocycles. The predicted octanol–water partition coefficient (Wildman–Crippen LogP) is 4.13. The van der Waals surface area contributed by atoms with Crippen molar-refractivity contribution in [3.8, 4) is 0 Å². The Balaban J connectivity index is 2.71. The quantitative estimate of drug-likeness (QED) is 0.813. The predicted molar refractivity (Wildman–Crippen MR) is 82.6 cm³/mol. The van der Waals surface area contributed by atoms with E-state index in [1.807, 2.05) is 12.1 Å². The second kappa shape index (κ2) is 7.28. The number of rotatable bonds is 7. The molecule has 0 aliphatic carbocycles. The highest BCUT2D eigenvalue weighted by atomic mass is 35.5. The highest BCUT2D eigenvalue weighted by molar-refractivity contribution is 6.30. The molecule has 2 nitrogen and oxygen atoms in total. The molecule has 0 saturated heterocycles. The summed E-state index contributed by atoms with van der Waals surface area (Å²) in [4.78, 5) is 2.30. The van der Waals surface area contributed by atoms with Crippen molar-refractivity contribution in [2.45, 2.75) is 39.7 Å². The SMILES string of the molecule is CCCC(C)(CO)CN(C)C(C)c1ccc(Cl)cc1. The van der Waals surface area contributed by atoms with Gasteiger partial charge in [-0.05, 0) is 38.1 Å². The van der Waals surface area contributed by atoms with Crippen molar-refractivity contribution >= 4 is 11.6 Å². The van der Waals surface area contributed by atoms with Crippen LogP contribution in [0.4, 0.5) is 0 Å². The molecule has 0 aromatic heterocycles. The molecule has 0 aliphatic rings. The molecular weight excluding hydrogens is 258 g/mol. The average molecular weight is 284 g/mol. The van der Waals surface area contributed by atoms with Gasteiger partial charge >= 0.3 is 0 Å². The third-order valence-electron chi connectivity index (χ3n) is 3.88. The van der Waals surface area contributed by atoms with Gasteiger partial charge in [-0.3, -0.25) is 4.90 Å². The van der Waals surface area contributed by atoms with Crippen LogP contribution in [-0.2, 0) is 0 Å². The second-order valence-electron chi connectivity index (χ2n) is 5.86. The van der Waals surface area contributed by atoms with Crippen LogP contribution in [0.15, 0.2) is 24.3 Å². The number of aliphatic hydroxyl groups excluding tert-OH is 1. The maximum Gasteiger partial charge on any atom is 0.0497 e. The summed E-state index contributed by atoms with van der Waals surface area (Å²) in [5, 5.41) is 10.4. The Morgan fingerprint density at radius 1 is 1.32 bits per heavy atom. The average Bonchev–Trinajstić information content (AvgIpc) is 2.39. The van der Waals surface area contributed by atoms with E-state index in [0.717, 1.165) is 24.4 Å². The summed E-state index contributed by atoms with van der Waals surface area (Å²) < 4.78 is 0. The van der Waals surface area contributed by atoms with Crippen LogP contribution in [0, 0.1) is 5.41 Å². The Bertz CT molecular complexity index is 379. The van der Waals surface area contributed by atoms with Gasteiger partial charge in [-0.15, -0.1) is 0 Å². The van der Waals surface area contributed by atoms with Gasteiger partial charge in [0.15, 0.2) is 0 Å². The van der Waals surface area contributed by atoms with E-state index < -0.39 is 0 Å². The molecule has 1 N–H and O–H groups in total. The summed E-state index contributed by atoms with van der Waals surface area (Å²) >= 11 is 5.92. The molecule has 2 unspecified atom stereocenters. The van der Waals surface area contributed by atoms with E-state index in [-0.39, 0.29) is 12.0 Å². The van der Waals surface area contributed by atoms with Crippen LogP contribution in [0.25, 0.3) is 0 Å². The van der Waals surface area contributed by atoms with Crippen LogP contribution in [0.2, 0.25) is 5.02 Å². The Morgan fingerprint density at radius 2 is 1.89 bits per heavy atom. The molecule has 0 amide bonds. The van der Waals surface area contributed by atoms with Crippen LogP contribution in [0.1, 0.15) is 45.2 Å². The molecular formula is C16H26ClNO. The Hall–Kier alpha value is -0.570. The van der Waals surface area contributed by atoms with Crippen molar-refractivity contribution in [3.05, 3.63) is 34.9 Å². The minimum atomic E-state index is -0.0236. The maximum absolute atomic E-state index is 9.61. The summed E-state index contributed by atoms with van der Waals surface area (Å²) in [6.07, 6.45) is 2.14. The Morgan fingerprint density at radius 3 is 2.37 bits per heavy atom. The third-order valence-corrected chi connectivity index (χ3v) is 4.13. The summed E-state index contributed by atoms with van der Waals surface area (Å²) in [5.74, 6) is 0. The summed E-state index contributed by atoms with van der Waals surface area (Å²) in [5.41, 5.74) is 1.23. The minimum absolute atomic E-state index is 0.0236. The number of hydrogen-bond acceptors (Lipinski definition) is 2. The minimum Gasteiger partial charge on any atom is -0.396 e. The number of benzene rings is 1. The van der Waals surface area contributed by atoms with Crippen molar-refractivity contribution in [1.29, 1.82) is 0 Å². The first-order chi connectivity index (χ1) is 8.91. The fraction of sp³-hybridized carbons (Fsp3) is 0.625. The highest BCUT2D eigenvalue weighted by Crippen LogP contribution is 2.28. The Labute approximate surface area is 122 Å². The van der Waals surface area contributed by atoms with Gasteiger partial charge in [-0.2, -0.15) is 0 Å². The van der Waals surface area contributed by atoms with E-state index in [0.29, 0.717) is 6.04 Å². The third kappa shape index (κ3) is 4.79. The van der Waals surface area contributed by atoms with Crippen molar-refractivity contribution in [2.24, 2.45) is 5.41 Å². The number of hydrogen-bond donors (Lipinski definition) is 1. The molecule has 3 heteroatoms. The number of aliphatic hydroxyl groups is 1. The smallest absolute Gasteiger partial charge is 0.0497 e. The lowest BCUT2D eigenvalue weighted by atomic mass is 9.85.